The zero-order valence-electron chi connectivity index (χ0n) is 9.93. The van der Waals surface area contributed by atoms with E-state index in [1.165, 1.54) is 0 Å². The van der Waals surface area contributed by atoms with Gasteiger partial charge in [-0.2, -0.15) is 0 Å². The third-order valence-corrected chi connectivity index (χ3v) is 3.23. The molecule has 0 aliphatic carbocycles. The number of hydrogen-bond acceptors (Lipinski definition) is 2. The average Bonchev–Trinajstić information content (AvgIpc) is 2.41. The minimum Gasteiger partial charge on any atom is -0.506 e. The number of phenolic OH excluding ortho intramolecular Hbond substituents is 1. The van der Waals surface area contributed by atoms with Crippen LogP contribution in [0.25, 0.3) is 12.2 Å². The van der Waals surface area contributed by atoms with E-state index >= 15 is 0 Å². The minimum absolute atomic E-state index is 0.252. The number of aromatic hydroxyl groups is 1. The summed E-state index contributed by atoms with van der Waals surface area (Å²) in [6, 6.07) is 13.3. The lowest BCUT2D eigenvalue weighted by atomic mass is 10.1. The Hall–Kier alpha value is -1.74. The zero-order chi connectivity index (χ0) is 13.0. The van der Waals surface area contributed by atoms with Crippen LogP contribution in [-0.2, 0) is 0 Å². The summed E-state index contributed by atoms with van der Waals surface area (Å²) in [6.45, 7) is 0. The molecule has 2 nitrogen and oxygen atoms in total. The molecule has 0 atom stereocenters. The lowest BCUT2D eigenvalue weighted by Gasteiger charge is -2.01. The van der Waals surface area contributed by atoms with Crippen molar-refractivity contribution >= 4 is 28.1 Å². The number of hydrogen-bond donors (Lipinski definition) is 1. The quantitative estimate of drug-likeness (QED) is 0.855. The minimum atomic E-state index is 0.252. The Morgan fingerprint density at radius 2 is 1.78 bits per heavy atom. The third-order valence-electron chi connectivity index (χ3n) is 2.59. The molecule has 0 heterocycles. The number of rotatable bonds is 3. The molecule has 92 valence electrons. The van der Waals surface area contributed by atoms with Gasteiger partial charge in [0.05, 0.1) is 11.6 Å². The van der Waals surface area contributed by atoms with Crippen LogP contribution in [0.1, 0.15) is 11.1 Å². The lowest BCUT2D eigenvalue weighted by Crippen LogP contribution is -1.81. The standard InChI is InChI=1S/C15H13BrO2/c1-18-13-9-6-11(7-10-13)5-8-12-3-2-4-14(16)15(12)17/h2-10,17H,1H3. The molecule has 0 saturated heterocycles. The van der Waals surface area contributed by atoms with Crippen molar-refractivity contribution in [3.8, 4) is 11.5 Å². The van der Waals surface area contributed by atoms with Gasteiger partial charge in [-0.25, -0.2) is 0 Å². The molecule has 1 N–H and O–H groups in total. The van der Waals surface area contributed by atoms with E-state index in [0.29, 0.717) is 4.47 Å². The Labute approximate surface area is 115 Å². The first-order valence-electron chi connectivity index (χ1n) is 5.50. The number of para-hydroxylation sites is 1. The Morgan fingerprint density at radius 1 is 1.06 bits per heavy atom. The van der Waals surface area contributed by atoms with E-state index in [-0.39, 0.29) is 5.75 Å². The molecule has 0 saturated carbocycles. The van der Waals surface area contributed by atoms with E-state index < -0.39 is 0 Å². The predicted octanol–water partition coefficient (Wildman–Crippen LogP) is 4.33. The molecule has 0 spiro atoms. The second-order valence-corrected chi connectivity index (χ2v) is 4.64. The highest BCUT2D eigenvalue weighted by atomic mass is 79.9. The molecule has 18 heavy (non-hydrogen) atoms. The Balaban J connectivity index is 2.21. The summed E-state index contributed by atoms with van der Waals surface area (Å²) >= 11 is 3.29. The molecule has 0 aliphatic rings. The van der Waals surface area contributed by atoms with Gasteiger partial charge in [-0.05, 0) is 39.7 Å². The fourth-order valence-electron chi connectivity index (χ4n) is 1.57. The van der Waals surface area contributed by atoms with Crippen molar-refractivity contribution in [2.24, 2.45) is 0 Å². The highest BCUT2D eigenvalue weighted by Crippen LogP contribution is 2.28. The van der Waals surface area contributed by atoms with E-state index in [4.69, 9.17) is 4.74 Å². The van der Waals surface area contributed by atoms with Gasteiger partial charge >= 0.3 is 0 Å². The summed E-state index contributed by atoms with van der Waals surface area (Å²) in [6.07, 6.45) is 3.82. The predicted molar refractivity (Wildman–Crippen MR) is 77.7 cm³/mol. The maximum atomic E-state index is 9.84. The van der Waals surface area contributed by atoms with Gasteiger partial charge in [0.25, 0.3) is 0 Å². The van der Waals surface area contributed by atoms with Gasteiger partial charge in [0.2, 0.25) is 0 Å². The second-order valence-electron chi connectivity index (χ2n) is 3.78. The second kappa shape index (κ2) is 5.74. The van der Waals surface area contributed by atoms with E-state index in [1.54, 1.807) is 13.2 Å². The fourth-order valence-corrected chi connectivity index (χ4v) is 1.95. The van der Waals surface area contributed by atoms with Crippen LogP contribution < -0.4 is 4.74 Å². The lowest BCUT2D eigenvalue weighted by molar-refractivity contribution is 0.415. The number of halogens is 1. The molecule has 0 unspecified atom stereocenters. The molecular weight excluding hydrogens is 292 g/mol. The highest BCUT2D eigenvalue weighted by Gasteiger charge is 2.00. The van der Waals surface area contributed by atoms with Crippen molar-refractivity contribution in [1.29, 1.82) is 0 Å². The van der Waals surface area contributed by atoms with E-state index in [1.807, 2.05) is 48.6 Å². The van der Waals surface area contributed by atoms with Crippen molar-refractivity contribution in [3.05, 3.63) is 58.1 Å². The SMILES string of the molecule is COc1ccc(C=Cc2cccc(Br)c2O)cc1. The zero-order valence-corrected chi connectivity index (χ0v) is 11.5. The maximum absolute atomic E-state index is 9.84. The maximum Gasteiger partial charge on any atom is 0.136 e. The van der Waals surface area contributed by atoms with Crippen LogP contribution in [0.2, 0.25) is 0 Å². The molecule has 0 fully saturated rings. The molecule has 3 heteroatoms. The topological polar surface area (TPSA) is 29.5 Å². The van der Waals surface area contributed by atoms with Crippen LogP contribution in [0.15, 0.2) is 46.9 Å². The van der Waals surface area contributed by atoms with Crippen molar-refractivity contribution in [2.45, 2.75) is 0 Å². The molecular formula is C15H13BrO2. The summed E-state index contributed by atoms with van der Waals surface area (Å²) in [7, 11) is 1.64. The molecule has 0 aliphatic heterocycles. The number of benzene rings is 2. The Bertz CT molecular complexity index is 559. The van der Waals surface area contributed by atoms with Gasteiger partial charge in [-0.1, -0.05) is 36.4 Å². The first kappa shape index (κ1) is 12.7. The van der Waals surface area contributed by atoms with Gasteiger partial charge < -0.3 is 9.84 Å². The van der Waals surface area contributed by atoms with Crippen molar-refractivity contribution in [1.82, 2.24) is 0 Å². The summed E-state index contributed by atoms with van der Waals surface area (Å²) in [5.74, 6) is 1.08. The molecule has 2 aromatic rings. The summed E-state index contributed by atoms with van der Waals surface area (Å²) in [5.41, 5.74) is 1.83. The Kier molecular flexibility index (Phi) is 4.05. The van der Waals surface area contributed by atoms with Crippen LogP contribution >= 0.6 is 15.9 Å². The molecule has 2 rings (SSSR count). The van der Waals surface area contributed by atoms with Gasteiger partial charge in [-0.15, -0.1) is 0 Å². The fraction of sp³-hybridized carbons (Fsp3) is 0.0667. The first-order valence-corrected chi connectivity index (χ1v) is 6.29. The molecule has 2 aromatic carbocycles. The van der Waals surface area contributed by atoms with E-state index in [2.05, 4.69) is 15.9 Å². The van der Waals surface area contributed by atoms with Gasteiger partial charge in [0, 0.05) is 5.56 Å². The number of methoxy groups -OCH3 is 1. The molecule has 0 radical (unpaired) electrons. The smallest absolute Gasteiger partial charge is 0.136 e. The van der Waals surface area contributed by atoms with Crippen molar-refractivity contribution in [3.63, 3.8) is 0 Å². The number of phenols is 1. The van der Waals surface area contributed by atoms with Crippen LogP contribution in [0.4, 0.5) is 0 Å². The largest absolute Gasteiger partial charge is 0.506 e. The Morgan fingerprint density at radius 3 is 2.44 bits per heavy atom. The van der Waals surface area contributed by atoms with Crippen LogP contribution in [0, 0.1) is 0 Å². The van der Waals surface area contributed by atoms with Crippen LogP contribution in [-0.4, -0.2) is 12.2 Å². The molecule has 0 bridgehead atoms. The van der Waals surface area contributed by atoms with Crippen molar-refractivity contribution in [2.75, 3.05) is 7.11 Å². The van der Waals surface area contributed by atoms with Crippen LogP contribution in [0.5, 0.6) is 11.5 Å². The van der Waals surface area contributed by atoms with Gasteiger partial charge in [-0.3, -0.25) is 0 Å². The third kappa shape index (κ3) is 2.93. The van der Waals surface area contributed by atoms with E-state index in [9.17, 15) is 5.11 Å². The summed E-state index contributed by atoms with van der Waals surface area (Å²) in [4.78, 5) is 0. The van der Waals surface area contributed by atoms with Crippen molar-refractivity contribution < 1.29 is 9.84 Å². The van der Waals surface area contributed by atoms with Gasteiger partial charge in [0.1, 0.15) is 11.5 Å². The monoisotopic (exact) mass is 304 g/mol. The van der Waals surface area contributed by atoms with E-state index in [0.717, 1.165) is 16.9 Å². The van der Waals surface area contributed by atoms with Crippen LogP contribution in [0.3, 0.4) is 0 Å². The first-order chi connectivity index (χ1) is 8.70. The normalized spacial score (nSPS) is 10.8. The molecule has 0 aromatic heterocycles. The summed E-state index contributed by atoms with van der Waals surface area (Å²) < 4.78 is 5.79. The highest BCUT2D eigenvalue weighted by molar-refractivity contribution is 9.10. The molecule has 0 amide bonds. The summed E-state index contributed by atoms with van der Waals surface area (Å²) in [5, 5.41) is 9.84. The van der Waals surface area contributed by atoms with Gasteiger partial charge in [0.15, 0.2) is 0 Å². The number of ether oxygens (including phenoxy) is 1. The average molecular weight is 305 g/mol.